The molecule has 0 aromatic carbocycles. The smallest absolute Gasteiger partial charge is 0.231 e. The molecular weight excluding hydrogens is 232 g/mol. The van der Waals surface area contributed by atoms with Gasteiger partial charge in [-0.15, -0.1) is 0 Å². The van der Waals surface area contributed by atoms with Gasteiger partial charge in [-0.1, -0.05) is 0 Å². The topological polar surface area (TPSA) is 91.8 Å². The third kappa shape index (κ3) is 2.92. The summed E-state index contributed by atoms with van der Waals surface area (Å²) in [4.78, 5) is 19.6. The number of carbonyl (C=O) groups excluding carboxylic acids is 1. The molecule has 0 aliphatic rings. The molecule has 0 radical (unpaired) electrons. The Morgan fingerprint density at radius 3 is 3.11 bits per heavy atom. The van der Waals surface area contributed by atoms with Gasteiger partial charge in [0.05, 0.1) is 23.7 Å². The Hall–Kier alpha value is -2.68. The number of pyridine rings is 1. The summed E-state index contributed by atoms with van der Waals surface area (Å²) in [5.41, 5.74) is 0.999. The van der Waals surface area contributed by atoms with Crippen LogP contribution in [0.1, 0.15) is 17.1 Å². The van der Waals surface area contributed by atoms with E-state index in [1.807, 2.05) is 6.07 Å². The summed E-state index contributed by atoms with van der Waals surface area (Å²) in [6, 6.07) is 5.05. The van der Waals surface area contributed by atoms with Crippen LogP contribution in [0.25, 0.3) is 0 Å². The van der Waals surface area contributed by atoms with Crippen molar-refractivity contribution in [3.05, 3.63) is 41.7 Å². The van der Waals surface area contributed by atoms with Crippen LogP contribution >= 0.6 is 0 Å². The van der Waals surface area contributed by atoms with E-state index in [0.717, 1.165) is 0 Å². The first kappa shape index (κ1) is 11.8. The van der Waals surface area contributed by atoms with E-state index in [1.165, 1.54) is 18.5 Å². The van der Waals surface area contributed by atoms with Gasteiger partial charge in [-0.05, 0) is 12.1 Å². The Morgan fingerprint density at radius 2 is 2.44 bits per heavy atom. The largest absolute Gasteiger partial charge is 0.449 e. The minimum Gasteiger partial charge on any atom is -0.449 e. The molecule has 6 heteroatoms. The number of nitrogens with one attached hydrogen (secondary N) is 1. The van der Waals surface area contributed by atoms with E-state index in [2.05, 4.69) is 15.3 Å². The lowest BCUT2D eigenvalue weighted by molar-refractivity contribution is -0.115. The summed E-state index contributed by atoms with van der Waals surface area (Å²) in [6.07, 6.45) is 3.01. The number of amides is 1. The second kappa shape index (κ2) is 5.10. The first-order chi connectivity index (χ1) is 8.67. The fourth-order valence-corrected chi connectivity index (χ4v) is 1.41. The number of aryl methyl sites for hydroxylation is 1. The zero-order chi connectivity index (χ0) is 13.0. The third-order valence-electron chi connectivity index (χ3n) is 2.16. The lowest BCUT2D eigenvalue weighted by atomic mass is 10.3. The molecule has 0 fully saturated rings. The van der Waals surface area contributed by atoms with Gasteiger partial charge in [0.25, 0.3) is 0 Å². The molecule has 2 heterocycles. The van der Waals surface area contributed by atoms with Crippen LogP contribution in [0.5, 0.6) is 0 Å². The maximum atomic E-state index is 11.7. The van der Waals surface area contributed by atoms with Gasteiger partial charge in [0, 0.05) is 13.1 Å². The molecule has 2 aromatic heterocycles. The van der Waals surface area contributed by atoms with Gasteiger partial charge in [0.15, 0.2) is 5.89 Å². The van der Waals surface area contributed by atoms with Crippen LogP contribution < -0.4 is 5.32 Å². The van der Waals surface area contributed by atoms with Gasteiger partial charge < -0.3 is 9.73 Å². The highest BCUT2D eigenvalue weighted by atomic mass is 16.3. The van der Waals surface area contributed by atoms with Crippen molar-refractivity contribution < 1.29 is 9.21 Å². The summed E-state index contributed by atoms with van der Waals surface area (Å²) >= 11 is 0. The van der Waals surface area contributed by atoms with Gasteiger partial charge in [-0.3, -0.25) is 4.79 Å². The number of rotatable bonds is 3. The third-order valence-corrected chi connectivity index (χ3v) is 2.16. The highest BCUT2D eigenvalue weighted by molar-refractivity contribution is 5.91. The van der Waals surface area contributed by atoms with Crippen molar-refractivity contribution in [2.24, 2.45) is 0 Å². The summed E-state index contributed by atoms with van der Waals surface area (Å²) < 4.78 is 5.00. The van der Waals surface area contributed by atoms with E-state index >= 15 is 0 Å². The minimum absolute atomic E-state index is 0.107. The van der Waals surface area contributed by atoms with Crippen LogP contribution in [0, 0.1) is 18.3 Å². The van der Waals surface area contributed by atoms with E-state index in [9.17, 15) is 4.79 Å². The Kier molecular flexibility index (Phi) is 3.34. The van der Waals surface area contributed by atoms with E-state index < -0.39 is 0 Å². The maximum absolute atomic E-state index is 11.7. The molecule has 0 spiro atoms. The molecule has 1 amide bonds. The lowest BCUT2D eigenvalue weighted by Crippen LogP contribution is -2.15. The number of carbonyl (C=O) groups is 1. The van der Waals surface area contributed by atoms with Crippen LogP contribution in [0.15, 0.2) is 29.0 Å². The number of hydrogen-bond donors (Lipinski definition) is 1. The van der Waals surface area contributed by atoms with Crippen LogP contribution in [0.2, 0.25) is 0 Å². The second-order valence-electron chi connectivity index (χ2n) is 3.62. The quantitative estimate of drug-likeness (QED) is 0.878. The molecule has 18 heavy (non-hydrogen) atoms. The Labute approximate surface area is 103 Å². The van der Waals surface area contributed by atoms with Crippen LogP contribution in [-0.4, -0.2) is 15.9 Å². The number of anilines is 1. The monoisotopic (exact) mass is 242 g/mol. The van der Waals surface area contributed by atoms with Crippen LogP contribution in [-0.2, 0) is 11.2 Å². The number of nitriles is 1. The summed E-state index contributed by atoms with van der Waals surface area (Å²) in [6.45, 7) is 1.71. The number of oxazole rings is 1. The molecule has 2 rings (SSSR count). The van der Waals surface area contributed by atoms with Gasteiger partial charge in [0.1, 0.15) is 12.1 Å². The summed E-state index contributed by atoms with van der Waals surface area (Å²) in [5.74, 6) is 0.604. The normalized spacial score (nSPS) is 9.78. The van der Waals surface area contributed by atoms with Gasteiger partial charge >= 0.3 is 0 Å². The molecule has 0 bridgehead atoms. The molecule has 0 aliphatic heterocycles. The fraction of sp³-hybridized carbons (Fsp3) is 0.167. The number of nitrogens with zero attached hydrogens (tertiary/aromatic N) is 3. The summed E-state index contributed by atoms with van der Waals surface area (Å²) in [7, 11) is 0. The molecule has 2 aromatic rings. The van der Waals surface area contributed by atoms with Crippen molar-refractivity contribution in [2.75, 3.05) is 5.32 Å². The molecule has 90 valence electrons. The van der Waals surface area contributed by atoms with Gasteiger partial charge in [0.2, 0.25) is 5.91 Å². The molecule has 0 atom stereocenters. The van der Waals surface area contributed by atoms with Crippen molar-refractivity contribution in [1.82, 2.24) is 9.97 Å². The lowest BCUT2D eigenvalue weighted by Gasteiger charge is -2.02. The average molecular weight is 242 g/mol. The molecule has 0 saturated heterocycles. The van der Waals surface area contributed by atoms with Crippen molar-refractivity contribution >= 4 is 11.7 Å². The molecule has 0 aliphatic carbocycles. The molecule has 6 nitrogen and oxygen atoms in total. The standard InChI is InChI=1S/C12H10N4O2/c1-8-15-10(7-18-8)5-12(17)16-11-4-9(6-13)2-3-14-11/h2-4,7H,5H2,1H3,(H,14,16,17). The Morgan fingerprint density at radius 1 is 1.61 bits per heavy atom. The average Bonchev–Trinajstić information content (AvgIpc) is 2.74. The van der Waals surface area contributed by atoms with Crippen molar-refractivity contribution in [1.29, 1.82) is 5.26 Å². The van der Waals surface area contributed by atoms with Gasteiger partial charge in [-0.25, -0.2) is 9.97 Å². The predicted octanol–water partition coefficient (Wildman–Crippen LogP) is 1.43. The first-order valence-corrected chi connectivity index (χ1v) is 5.24. The molecule has 0 unspecified atom stereocenters. The molecule has 0 saturated carbocycles. The second-order valence-corrected chi connectivity index (χ2v) is 3.62. The van der Waals surface area contributed by atoms with Crippen molar-refractivity contribution in [3.8, 4) is 6.07 Å². The van der Waals surface area contributed by atoms with E-state index in [0.29, 0.717) is 23.0 Å². The van der Waals surface area contributed by atoms with E-state index in [1.54, 1.807) is 13.0 Å². The van der Waals surface area contributed by atoms with Crippen molar-refractivity contribution in [3.63, 3.8) is 0 Å². The maximum Gasteiger partial charge on any atom is 0.231 e. The van der Waals surface area contributed by atoms with Gasteiger partial charge in [-0.2, -0.15) is 5.26 Å². The summed E-state index contributed by atoms with van der Waals surface area (Å²) in [5, 5.41) is 11.3. The number of hydrogen-bond acceptors (Lipinski definition) is 5. The zero-order valence-corrected chi connectivity index (χ0v) is 9.67. The molecular formula is C12H10N4O2. The number of aromatic nitrogens is 2. The highest BCUT2D eigenvalue weighted by Crippen LogP contribution is 2.07. The highest BCUT2D eigenvalue weighted by Gasteiger charge is 2.08. The Bertz CT molecular complexity index is 613. The zero-order valence-electron chi connectivity index (χ0n) is 9.67. The SMILES string of the molecule is Cc1nc(CC(=O)Nc2cc(C#N)ccn2)co1. The predicted molar refractivity (Wildman–Crippen MR) is 62.5 cm³/mol. The Balaban J connectivity index is 2.01. The van der Waals surface area contributed by atoms with Crippen LogP contribution in [0.3, 0.4) is 0 Å². The van der Waals surface area contributed by atoms with Crippen molar-refractivity contribution in [2.45, 2.75) is 13.3 Å². The first-order valence-electron chi connectivity index (χ1n) is 5.24. The fourth-order valence-electron chi connectivity index (χ4n) is 1.41. The molecule has 1 N–H and O–H groups in total. The van der Waals surface area contributed by atoms with E-state index in [4.69, 9.17) is 9.68 Å². The van der Waals surface area contributed by atoms with Crippen LogP contribution in [0.4, 0.5) is 5.82 Å². The minimum atomic E-state index is -0.258. The van der Waals surface area contributed by atoms with E-state index in [-0.39, 0.29) is 12.3 Å².